The summed E-state index contributed by atoms with van der Waals surface area (Å²) >= 11 is 1.84. The van der Waals surface area contributed by atoms with Crippen molar-refractivity contribution in [3.8, 4) is 11.1 Å². The molecule has 306 valence electrons. The van der Waals surface area contributed by atoms with Gasteiger partial charge in [-0.05, 0) is 118 Å². The number of hydrogen-bond donors (Lipinski definition) is 0. The molecule has 2 aromatic heterocycles. The average Bonchev–Trinajstić information content (AvgIpc) is 4.04. The van der Waals surface area contributed by atoms with Crippen molar-refractivity contribution in [1.29, 1.82) is 0 Å². The van der Waals surface area contributed by atoms with Gasteiger partial charge in [-0.25, -0.2) is 0 Å². The van der Waals surface area contributed by atoms with Gasteiger partial charge in [0, 0.05) is 48.3 Å². The second-order valence-electron chi connectivity index (χ2n) is 16.8. The fourth-order valence-corrected chi connectivity index (χ4v) is 11.8. The molecule has 0 radical (unpaired) electrons. The van der Waals surface area contributed by atoms with Gasteiger partial charge in [0.1, 0.15) is 11.2 Å². The molecule has 10 aromatic carbocycles. The smallest absolute Gasteiger partial charge is 0.137 e. The van der Waals surface area contributed by atoms with E-state index in [0.29, 0.717) is 0 Å². The number of benzene rings is 10. The summed E-state index contributed by atoms with van der Waals surface area (Å²) in [4.78, 5) is 4.85. The molecule has 0 aliphatic heterocycles. The van der Waals surface area contributed by atoms with Crippen LogP contribution in [-0.2, 0) is 5.41 Å². The minimum Gasteiger partial charge on any atom is -0.456 e. The van der Waals surface area contributed by atoms with E-state index in [9.17, 15) is 0 Å². The maximum Gasteiger partial charge on any atom is 0.137 e. The highest BCUT2D eigenvalue weighted by atomic mass is 32.1. The molecule has 0 saturated carbocycles. The fourth-order valence-electron chi connectivity index (χ4n) is 10.7. The van der Waals surface area contributed by atoms with Crippen LogP contribution >= 0.6 is 11.3 Å². The van der Waals surface area contributed by atoms with Crippen LogP contribution < -0.4 is 9.80 Å². The molecule has 4 heteroatoms. The lowest BCUT2D eigenvalue weighted by atomic mass is 9.67. The van der Waals surface area contributed by atoms with E-state index in [1.54, 1.807) is 0 Å². The number of rotatable bonds is 8. The Morgan fingerprint density at radius 1 is 0.338 bits per heavy atom. The van der Waals surface area contributed by atoms with Crippen molar-refractivity contribution < 1.29 is 4.42 Å². The summed E-state index contributed by atoms with van der Waals surface area (Å²) in [5.41, 5.74) is 15.3. The normalized spacial score (nSPS) is 12.7. The number of anilines is 6. The number of thiophene rings is 1. The molecule has 0 amide bonds. The van der Waals surface area contributed by atoms with Crippen LogP contribution in [0.1, 0.15) is 22.3 Å². The van der Waals surface area contributed by atoms with Crippen molar-refractivity contribution in [2.75, 3.05) is 9.80 Å². The zero-order chi connectivity index (χ0) is 42.9. The van der Waals surface area contributed by atoms with Crippen molar-refractivity contribution in [2.45, 2.75) is 5.41 Å². The van der Waals surface area contributed by atoms with Gasteiger partial charge >= 0.3 is 0 Å². The summed E-state index contributed by atoms with van der Waals surface area (Å²) in [6.07, 6.45) is 0. The zero-order valence-electron chi connectivity index (χ0n) is 35.3. The van der Waals surface area contributed by atoms with E-state index in [4.69, 9.17) is 4.42 Å². The quantitative estimate of drug-likeness (QED) is 0.152. The Hall–Kier alpha value is -8.18. The highest BCUT2D eigenvalue weighted by Crippen LogP contribution is 2.57. The topological polar surface area (TPSA) is 19.6 Å². The SMILES string of the molecule is c1ccc(N(c2ccccc2)c2cccc3sc4ccc(N(c5cccc(C6(c7ccccc7)c7ccccc7-c7ccccc76)c5)c5cccc6oc7ccccc7c56)cc4c23)cc1. The predicted molar refractivity (Wildman–Crippen MR) is 273 cm³/mol. The summed E-state index contributed by atoms with van der Waals surface area (Å²) in [5.74, 6) is 0. The van der Waals surface area contributed by atoms with E-state index in [0.717, 1.165) is 56.1 Å². The van der Waals surface area contributed by atoms with Crippen LogP contribution in [0.25, 0.3) is 53.2 Å². The number of fused-ring (bicyclic) bond motifs is 9. The minimum absolute atomic E-state index is 0.550. The Balaban J connectivity index is 1.09. The Morgan fingerprint density at radius 3 is 1.58 bits per heavy atom. The number of hydrogen-bond acceptors (Lipinski definition) is 4. The molecular formula is C61H40N2OS. The van der Waals surface area contributed by atoms with E-state index in [-0.39, 0.29) is 0 Å². The Labute approximate surface area is 381 Å². The minimum atomic E-state index is -0.550. The first-order valence-corrected chi connectivity index (χ1v) is 23.0. The molecule has 0 N–H and O–H groups in total. The van der Waals surface area contributed by atoms with Crippen LogP contribution in [0.3, 0.4) is 0 Å². The lowest BCUT2D eigenvalue weighted by Gasteiger charge is -2.35. The largest absolute Gasteiger partial charge is 0.456 e. The third kappa shape index (κ3) is 5.74. The van der Waals surface area contributed by atoms with Gasteiger partial charge in [-0.1, -0.05) is 158 Å². The summed E-state index contributed by atoms with van der Waals surface area (Å²) in [6.45, 7) is 0. The molecule has 0 unspecified atom stereocenters. The molecule has 0 spiro atoms. The molecule has 1 aliphatic rings. The molecule has 13 rings (SSSR count). The first-order chi connectivity index (χ1) is 32.3. The molecule has 3 nitrogen and oxygen atoms in total. The predicted octanol–water partition coefficient (Wildman–Crippen LogP) is 17.3. The van der Waals surface area contributed by atoms with Crippen LogP contribution in [0.5, 0.6) is 0 Å². The Morgan fingerprint density at radius 2 is 0.862 bits per heavy atom. The van der Waals surface area contributed by atoms with E-state index < -0.39 is 5.41 Å². The number of para-hydroxylation sites is 3. The van der Waals surface area contributed by atoms with Gasteiger partial charge in [0.15, 0.2) is 0 Å². The first kappa shape index (κ1) is 37.4. The lowest BCUT2D eigenvalue weighted by Crippen LogP contribution is -2.28. The molecule has 12 aromatic rings. The molecule has 0 fully saturated rings. The molecule has 65 heavy (non-hydrogen) atoms. The highest BCUT2D eigenvalue weighted by Gasteiger charge is 2.46. The van der Waals surface area contributed by atoms with Gasteiger partial charge in [-0.2, -0.15) is 0 Å². The fraction of sp³-hybridized carbons (Fsp3) is 0.0164. The highest BCUT2D eigenvalue weighted by molar-refractivity contribution is 7.26. The lowest BCUT2D eigenvalue weighted by molar-refractivity contribution is 0.669. The van der Waals surface area contributed by atoms with Gasteiger partial charge in [-0.15, -0.1) is 11.3 Å². The van der Waals surface area contributed by atoms with Crippen molar-refractivity contribution >= 4 is 87.6 Å². The van der Waals surface area contributed by atoms with E-state index in [2.05, 4.69) is 246 Å². The molecule has 0 bridgehead atoms. The Kier molecular flexibility index (Phi) is 8.62. The van der Waals surface area contributed by atoms with Crippen molar-refractivity contribution in [3.05, 3.63) is 265 Å². The van der Waals surface area contributed by atoms with Gasteiger partial charge in [0.2, 0.25) is 0 Å². The third-order valence-electron chi connectivity index (χ3n) is 13.3. The van der Waals surface area contributed by atoms with Crippen LogP contribution in [0.2, 0.25) is 0 Å². The maximum atomic E-state index is 6.58. The van der Waals surface area contributed by atoms with Crippen LogP contribution in [0.4, 0.5) is 34.1 Å². The molecule has 1 aliphatic carbocycles. The van der Waals surface area contributed by atoms with E-state index in [1.807, 2.05) is 17.4 Å². The average molecular weight is 849 g/mol. The standard InChI is InChI=1S/C61H40N2OS/c1-4-19-41(20-5-1)61(51-30-13-10-27-47(51)48-28-11-14-31-52(48)61)42-21-16-26-45(39-42)63(53-32-17-35-56-59(53)49-29-12-15-34-55(49)64-56)46-37-38-57-50(40-46)60-54(33-18-36-58(60)65-57)62(43-22-6-2-7-23-43)44-24-8-3-9-25-44/h1-40H. The van der Waals surface area contributed by atoms with Crippen molar-refractivity contribution in [1.82, 2.24) is 0 Å². The number of furan rings is 1. The third-order valence-corrected chi connectivity index (χ3v) is 14.4. The zero-order valence-corrected chi connectivity index (χ0v) is 36.1. The van der Waals surface area contributed by atoms with Crippen molar-refractivity contribution in [3.63, 3.8) is 0 Å². The molecular weight excluding hydrogens is 809 g/mol. The number of nitrogens with zero attached hydrogens (tertiary/aromatic N) is 2. The summed E-state index contributed by atoms with van der Waals surface area (Å²) in [7, 11) is 0. The van der Waals surface area contributed by atoms with Gasteiger partial charge in [-0.3, -0.25) is 0 Å². The monoisotopic (exact) mass is 848 g/mol. The molecule has 0 atom stereocenters. The van der Waals surface area contributed by atoms with E-state index in [1.165, 1.54) is 53.6 Å². The van der Waals surface area contributed by atoms with Crippen LogP contribution in [0, 0.1) is 0 Å². The Bertz CT molecular complexity index is 3660. The van der Waals surface area contributed by atoms with E-state index >= 15 is 0 Å². The maximum absolute atomic E-state index is 6.58. The van der Waals surface area contributed by atoms with Gasteiger partial charge in [0.25, 0.3) is 0 Å². The van der Waals surface area contributed by atoms with Crippen molar-refractivity contribution in [2.24, 2.45) is 0 Å². The summed E-state index contributed by atoms with van der Waals surface area (Å²) in [6, 6.07) is 88.3. The van der Waals surface area contributed by atoms with Gasteiger partial charge in [0.05, 0.1) is 22.2 Å². The molecule has 0 saturated heterocycles. The summed E-state index contributed by atoms with van der Waals surface area (Å²) < 4.78 is 9.06. The van der Waals surface area contributed by atoms with Crippen LogP contribution in [-0.4, -0.2) is 0 Å². The molecule has 2 heterocycles. The summed E-state index contributed by atoms with van der Waals surface area (Å²) in [5, 5.41) is 4.60. The second kappa shape index (κ2) is 15.0. The van der Waals surface area contributed by atoms with Gasteiger partial charge < -0.3 is 14.2 Å². The van der Waals surface area contributed by atoms with Crippen LogP contribution in [0.15, 0.2) is 247 Å². The first-order valence-electron chi connectivity index (χ1n) is 22.2. The second-order valence-corrected chi connectivity index (χ2v) is 17.9.